The number of aryl methyl sites for hydroxylation is 1. The van der Waals surface area contributed by atoms with Gasteiger partial charge in [-0.05, 0) is 50.3 Å². The summed E-state index contributed by atoms with van der Waals surface area (Å²) < 4.78 is 8.11. The predicted octanol–water partition coefficient (Wildman–Crippen LogP) is 3.59. The first-order valence-electron chi connectivity index (χ1n) is 9.22. The third-order valence-corrected chi connectivity index (χ3v) is 5.60. The van der Waals surface area contributed by atoms with Crippen LogP contribution in [-0.2, 0) is 13.0 Å². The fourth-order valence-corrected chi connectivity index (χ4v) is 4.31. The van der Waals surface area contributed by atoms with Crippen LogP contribution in [0.5, 0.6) is 0 Å². The van der Waals surface area contributed by atoms with Crippen molar-refractivity contribution >= 4 is 38.6 Å². The summed E-state index contributed by atoms with van der Waals surface area (Å²) in [5.74, 6) is 0.197. The van der Waals surface area contributed by atoms with Gasteiger partial charge in [0.1, 0.15) is 5.58 Å². The van der Waals surface area contributed by atoms with Crippen LogP contribution in [0.2, 0.25) is 0 Å². The van der Waals surface area contributed by atoms with E-state index in [1.807, 2.05) is 24.3 Å². The molecule has 0 fully saturated rings. The summed E-state index contributed by atoms with van der Waals surface area (Å²) in [6, 6.07) is 9.30. The Morgan fingerprint density at radius 3 is 2.59 bits per heavy atom. The van der Waals surface area contributed by atoms with E-state index in [1.54, 1.807) is 0 Å². The van der Waals surface area contributed by atoms with Gasteiger partial charge in [0.25, 0.3) is 0 Å². The number of carbonyl (C=O) groups is 1. The lowest BCUT2D eigenvalue weighted by Crippen LogP contribution is -2.18. The molecule has 4 aromatic rings. The number of carbonyl (C=O) groups excluding carboxylic acids is 1. The van der Waals surface area contributed by atoms with Gasteiger partial charge in [-0.3, -0.25) is 9.59 Å². The molecule has 0 unspecified atom stereocenters. The van der Waals surface area contributed by atoms with Crippen LogP contribution in [0.1, 0.15) is 22.3 Å². The Bertz CT molecular complexity index is 1290. The molecule has 0 spiro atoms. The van der Waals surface area contributed by atoms with Gasteiger partial charge in [-0.1, -0.05) is 0 Å². The van der Waals surface area contributed by atoms with Crippen molar-refractivity contribution in [3.05, 3.63) is 57.9 Å². The number of fused-ring (bicyclic) bond motifs is 7. The number of benzene rings is 2. The first-order valence-corrected chi connectivity index (χ1v) is 9.22. The lowest BCUT2D eigenvalue weighted by molar-refractivity contribution is 0.0994. The van der Waals surface area contributed by atoms with Crippen LogP contribution < -0.4 is 5.43 Å². The van der Waals surface area contributed by atoms with Crippen molar-refractivity contribution in [2.45, 2.75) is 19.4 Å². The number of Topliss-reactive ketones (excluding diaryl/α,β-unsaturated/α-hetero) is 1. The number of rotatable bonds is 3. The van der Waals surface area contributed by atoms with E-state index in [9.17, 15) is 9.59 Å². The van der Waals surface area contributed by atoms with Gasteiger partial charge in [-0.15, -0.1) is 0 Å². The molecule has 0 saturated carbocycles. The highest BCUT2D eigenvalue weighted by Crippen LogP contribution is 2.39. The van der Waals surface area contributed by atoms with Crippen LogP contribution in [0.15, 0.2) is 45.8 Å². The van der Waals surface area contributed by atoms with Crippen molar-refractivity contribution in [1.29, 1.82) is 0 Å². The summed E-state index contributed by atoms with van der Waals surface area (Å²) in [4.78, 5) is 26.8. The Morgan fingerprint density at radius 2 is 1.78 bits per heavy atom. The number of nitrogens with zero attached hydrogens (tertiary/aromatic N) is 2. The molecule has 0 amide bonds. The molecule has 0 bridgehead atoms. The normalized spacial score (nSPS) is 14.1. The van der Waals surface area contributed by atoms with Crippen LogP contribution in [0.25, 0.3) is 32.8 Å². The summed E-state index contributed by atoms with van der Waals surface area (Å²) in [5, 5.41) is 2.59. The zero-order valence-electron chi connectivity index (χ0n) is 15.4. The number of ketones is 1. The van der Waals surface area contributed by atoms with Crippen molar-refractivity contribution in [3.8, 4) is 0 Å². The van der Waals surface area contributed by atoms with Crippen LogP contribution in [-0.4, -0.2) is 35.9 Å². The van der Waals surface area contributed by atoms with Gasteiger partial charge in [-0.2, -0.15) is 0 Å². The lowest BCUT2D eigenvalue weighted by atomic mass is 10.0. The highest BCUT2D eigenvalue weighted by Gasteiger charge is 2.26. The van der Waals surface area contributed by atoms with E-state index in [0.717, 1.165) is 52.4 Å². The largest absolute Gasteiger partial charge is 0.463 e. The molecule has 0 aliphatic heterocycles. The average molecular weight is 360 g/mol. The quantitative estimate of drug-likeness (QED) is 0.560. The minimum Gasteiger partial charge on any atom is -0.463 e. The maximum atomic E-state index is 12.3. The molecule has 5 nitrogen and oxygen atoms in total. The number of aromatic nitrogens is 1. The van der Waals surface area contributed by atoms with Gasteiger partial charge >= 0.3 is 0 Å². The molecule has 0 radical (unpaired) electrons. The van der Waals surface area contributed by atoms with Crippen LogP contribution >= 0.6 is 0 Å². The predicted molar refractivity (Wildman–Crippen MR) is 107 cm³/mol. The van der Waals surface area contributed by atoms with Crippen LogP contribution in [0, 0.1) is 0 Å². The fourth-order valence-electron chi connectivity index (χ4n) is 4.31. The van der Waals surface area contributed by atoms with Gasteiger partial charge in [0.05, 0.1) is 22.6 Å². The maximum Gasteiger partial charge on any atom is 0.192 e. The third kappa shape index (κ3) is 2.28. The van der Waals surface area contributed by atoms with E-state index in [-0.39, 0.29) is 11.2 Å². The second-order valence-corrected chi connectivity index (χ2v) is 7.49. The van der Waals surface area contributed by atoms with Crippen LogP contribution in [0.4, 0.5) is 0 Å². The highest BCUT2D eigenvalue weighted by atomic mass is 16.3. The Balaban J connectivity index is 1.98. The second kappa shape index (κ2) is 5.79. The van der Waals surface area contributed by atoms with Crippen molar-refractivity contribution < 1.29 is 9.21 Å². The van der Waals surface area contributed by atoms with Gasteiger partial charge in [0.2, 0.25) is 0 Å². The monoisotopic (exact) mass is 360 g/mol. The van der Waals surface area contributed by atoms with E-state index < -0.39 is 0 Å². The first-order chi connectivity index (χ1) is 13.1. The Kier molecular flexibility index (Phi) is 3.49. The Labute approximate surface area is 155 Å². The minimum absolute atomic E-state index is 0.0454. The molecule has 5 heteroatoms. The number of hydrogen-bond donors (Lipinski definition) is 0. The molecule has 5 rings (SSSR count). The SMILES string of the molecule is CN(C)CCn1c2ccc3c(c2c2c4occc(=O)c4ccc21)CCC3=O. The van der Waals surface area contributed by atoms with E-state index >= 15 is 0 Å². The standard InChI is InChI=1S/C22H20N2O3/c1-23(2)10-11-24-16-6-3-13-14(5-8-18(13)25)20(16)21-17(24)7-4-15-19(26)9-12-27-22(15)21/h3-4,6-7,9,12H,5,8,10-11H2,1-2H3. The topological polar surface area (TPSA) is 55.5 Å². The van der Waals surface area contributed by atoms with Crippen molar-refractivity contribution in [2.24, 2.45) is 0 Å². The van der Waals surface area contributed by atoms with E-state index in [0.29, 0.717) is 17.4 Å². The summed E-state index contributed by atoms with van der Waals surface area (Å²) in [6.45, 7) is 1.72. The number of likely N-dealkylation sites (N-methyl/N-ethyl adjacent to an activating group) is 1. The molecule has 1 aliphatic rings. The summed E-state index contributed by atoms with van der Waals surface area (Å²) in [7, 11) is 4.11. The van der Waals surface area contributed by atoms with Crippen LogP contribution in [0.3, 0.4) is 0 Å². The van der Waals surface area contributed by atoms with Gasteiger partial charge in [0, 0.05) is 42.0 Å². The fraction of sp³-hybridized carbons (Fsp3) is 0.273. The zero-order valence-corrected chi connectivity index (χ0v) is 15.4. The van der Waals surface area contributed by atoms with Gasteiger partial charge in [0.15, 0.2) is 11.2 Å². The first kappa shape index (κ1) is 16.3. The van der Waals surface area contributed by atoms with E-state index in [1.165, 1.54) is 12.3 Å². The third-order valence-electron chi connectivity index (χ3n) is 5.60. The molecule has 0 saturated heterocycles. The Hall–Kier alpha value is -2.92. The molecular weight excluding hydrogens is 340 g/mol. The molecule has 2 aromatic heterocycles. The van der Waals surface area contributed by atoms with Crippen molar-refractivity contribution in [1.82, 2.24) is 9.47 Å². The molecule has 2 aromatic carbocycles. The summed E-state index contributed by atoms with van der Waals surface area (Å²) in [6.07, 6.45) is 2.75. The molecule has 136 valence electrons. The smallest absolute Gasteiger partial charge is 0.192 e. The van der Waals surface area contributed by atoms with E-state index in [2.05, 4.69) is 23.6 Å². The molecule has 2 heterocycles. The molecule has 0 atom stereocenters. The molecule has 0 N–H and O–H groups in total. The molecule has 1 aliphatic carbocycles. The average Bonchev–Trinajstić information content (AvgIpc) is 3.18. The molecular formula is C22H20N2O3. The summed E-state index contributed by atoms with van der Waals surface area (Å²) in [5.41, 5.74) is 4.60. The Morgan fingerprint density at radius 1 is 1.00 bits per heavy atom. The highest BCUT2D eigenvalue weighted by molar-refractivity contribution is 6.22. The van der Waals surface area contributed by atoms with Crippen molar-refractivity contribution in [3.63, 3.8) is 0 Å². The van der Waals surface area contributed by atoms with E-state index in [4.69, 9.17) is 4.42 Å². The van der Waals surface area contributed by atoms with Gasteiger partial charge < -0.3 is 13.9 Å². The maximum absolute atomic E-state index is 12.3. The van der Waals surface area contributed by atoms with Crippen molar-refractivity contribution in [2.75, 3.05) is 20.6 Å². The lowest BCUT2D eigenvalue weighted by Gasteiger charge is -2.12. The zero-order chi connectivity index (χ0) is 18.7. The second-order valence-electron chi connectivity index (χ2n) is 7.49. The molecule has 27 heavy (non-hydrogen) atoms. The van der Waals surface area contributed by atoms with Gasteiger partial charge in [-0.25, -0.2) is 0 Å². The minimum atomic E-state index is -0.0454. The summed E-state index contributed by atoms with van der Waals surface area (Å²) >= 11 is 0. The number of hydrogen-bond acceptors (Lipinski definition) is 4.